The molecule has 1 aliphatic carbocycles. The van der Waals surface area contributed by atoms with Gasteiger partial charge in [0.25, 0.3) is 0 Å². The van der Waals surface area contributed by atoms with Gasteiger partial charge in [-0.2, -0.15) is 0 Å². The van der Waals surface area contributed by atoms with Gasteiger partial charge in [0.05, 0.1) is 0 Å². The van der Waals surface area contributed by atoms with Crippen LogP contribution in [0.4, 0.5) is 0 Å². The highest BCUT2D eigenvalue weighted by Gasteiger charge is 2.15. The molecule has 1 N–H and O–H groups in total. The summed E-state index contributed by atoms with van der Waals surface area (Å²) in [4.78, 5) is 11.7. The van der Waals surface area contributed by atoms with E-state index in [1.165, 1.54) is 31.2 Å². The summed E-state index contributed by atoms with van der Waals surface area (Å²) < 4.78 is 0. The molecule has 0 atom stereocenters. The Kier molecular flexibility index (Phi) is 6.62. The van der Waals surface area contributed by atoms with E-state index in [0.29, 0.717) is 0 Å². The number of aryl methyl sites for hydroxylation is 1. The third-order valence-electron chi connectivity index (χ3n) is 4.31. The molecular weight excluding hydrogens is 246 g/mol. The highest BCUT2D eigenvalue weighted by molar-refractivity contribution is 5.75. The van der Waals surface area contributed by atoms with Crippen molar-refractivity contribution in [3.05, 3.63) is 35.9 Å². The van der Waals surface area contributed by atoms with Crippen LogP contribution in [0, 0.1) is 5.92 Å². The van der Waals surface area contributed by atoms with Crippen molar-refractivity contribution in [1.82, 2.24) is 5.32 Å². The molecule has 2 rings (SSSR count). The molecule has 2 heteroatoms. The first-order valence-electron chi connectivity index (χ1n) is 8.15. The Bertz CT molecular complexity index is 382. The summed E-state index contributed by atoms with van der Waals surface area (Å²) in [5.41, 5.74) is 1.39. The highest BCUT2D eigenvalue weighted by atomic mass is 16.1. The number of hydrogen-bond acceptors (Lipinski definition) is 1. The van der Waals surface area contributed by atoms with Gasteiger partial charge in [-0.15, -0.1) is 0 Å². The Balaban J connectivity index is 1.47. The Morgan fingerprint density at radius 2 is 1.85 bits per heavy atom. The summed E-state index contributed by atoms with van der Waals surface area (Å²) >= 11 is 0. The van der Waals surface area contributed by atoms with Crippen LogP contribution in [0.15, 0.2) is 30.3 Å². The van der Waals surface area contributed by atoms with Crippen molar-refractivity contribution in [2.75, 3.05) is 6.54 Å². The molecule has 1 aliphatic rings. The molecule has 1 amide bonds. The molecule has 0 unspecified atom stereocenters. The zero-order valence-electron chi connectivity index (χ0n) is 12.4. The molecule has 0 spiro atoms. The summed E-state index contributed by atoms with van der Waals surface area (Å²) in [6.07, 6.45) is 10.6. The minimum absolute atomic E-state index is 0.247. The van der Waals surface area contributed by atoms with E-state index in [1.807, 2.05) is 6.07 Å². The first-order valence-corrected chi connectivity index (χ1v) is 8.15. The minimum Gasteiger partial charge on any atom is -0.356 e. The van der Waals surface area contributed by atoms with Crippen LogP contribution in [0.25, 0.3) is 0 Å². The van der Waals surface area contributed by atoms with Gasteiger partial charge in [0.2, 0.25) is 5.91 Å². The monoisotopic (exact) mass is 273 g/mol. The van der Waals surface area contributed by atoms with E-state index in [-0.39, 0.29) is 5.91 Å². The number of nitrogens with one attached hydrogen (secondary N) is 1. The number of unbranched alkanes of at least 4 members (excludes halogenated alkanes) is 1. The molecule has 1 saturated carbocycles. The fourth-order valence-electron chi connectivity index (χ4n) is 3.05. The van der Waals surface area contributed by atoms with Gasteiger partial charge in [0.1, 0.15) is 0 Å². The lowest BCUT2D eigenvalue weighted by molar-refractivity contribution is -0.121. The van der Waals surface area contributed by atoms with Crippen LogP contribution < -0.4 is 5.32 Å². The van der Waals surface area contributed by atoms with Gasteiger partial charge >= 0.3 is 0 Å². The van der Waals surface area contributed by atoms with Gasteiger partial charge in [-0.3, -0.25) is 4.79 Å². The molecule has 1 aromatic rings. The molecule has 0 radical (unpaired) electrons. The normalized spacial score (nSPS) is 15.4. The fourth-order valence-corrected chi connectivity index (χ4v) is 3.05. The number of carbonyl (C=O) groups is 1. The summed E-state index contributed by atoms with van der Waals surface area (Å²) in [5.74, 6) is 1.07. The van der Waals surface area contributed by atoms with Gasteiger partial charge < -0.3 is 5.32 Å². The predicted octanol–water partition coefficient (Wildman–Crippen LogP) is 4.10. The molecule has 20 heavy (non-hydrogen) atoms. The largest absolute Gasteiger partial charge is 0.356 e. The second kappa shape index (κ2) is 8.78. The molecule has 0 bridgehead atoms. The maximum absolute atomic E-state index is 11.7. The van der Waals surface area contributed by atoms with E-state index in [4.69, 9.17) is 0 Å². The smallest absolute Gasteiger partial charge is 0.220 e. The number of carbonyl (C=O) groups excluding carboxylic acids is 1. The lowest BCUT2D eigenvalue weighted by Gasteiger charge is -2.09. The number of hydrogen-bond donors (Lipinski definition) is 1. The first-order chi connectivity index (χ1) is 9.84. The Morgan fingerprint density at radius 3 is 2.60 bits per heavy atom. The molecule has 0 aromatic heterocycles. The van der Waals surface area contributed by atoms with E-state index in [2.05, 4.69) is 29.6 Å². The van der Waals surface area contributed by atoms with Gasteiger partial charge in [-0.05, 0) is 37.2 Å². The van der Waals surface area contributed by atoms with Crippen molar-refractivity contribution in [2.45, 2.75) is 57.8 Å². The van der Waals surface area contributed by atoms with Crippen molar-refractivity contribution in [1.29, 1.82) is 0 Å². The SMILES string of the molecule is O=C(CCC1CCCC1)NCCCCc1ccccc1. The second-order valence-corrected chi connectivity index (χ2v) is 5.98. The average molecular weight is 273 g/mol. The quantitative estimate of drug-likeness (QED) is 0.710. The number of amides is 1. The van der Waals surface area contributed by atoms with E-state index in [1.54, 1.807) is 0 Å². The van der Waals surface area contributed by atoms with E-state index < -0.39 is 0 Å². The molecular formula is C18H27NO. The van der Waals surface area contributed by atoms with Crippen LogP contribution >= 0.6 is 0 Å². The van der Waals surface area contributed by atoms with Crippen LogP contribution in [-0.2, 0) is 11.2 Å². The van der Waals surface area contributed by atoms with Crippen LogP contribution in [0.5, 0.6) is 0 Å². The molecule has 0 aliphatic heterocycles. The number of benzene rings is 1. The molecule has 110 valence electrons. The van der Waals surface area contributed by atoms with Crippen molar-refractivity contribution in [2.24, 2.45) is 5.92 Å². The lowest BCUT2D eigenvalue weighted by Crippen LogP contribution is -2.24. The minimum atomic E-state index is 0.247. The number of rotatable bonds is 8. The lowest BCUT2D eigenvalue weighted by atomic mass is 10.0. The molecule has 2 nitrogen and oxygen atoms in total. The summed E-state index contributed by atoms with van der Waals surface area (Å²) in [7, 11) is 0. The fraction of sp³-hybridized carbons (Fsp3) is 0.611. The second-order valence-electron chi connectivity index (χ2n) is 5.98. The van der Waals surface area contributed by atoms with Crippen LogP contribution in [-0.4, -0.2) is 12.5 Å². The molecule has 1 fully saturated rings. The Morgan fingerprint density at radius 1 is 1.10 bits per heavy atom. The van der Waals surface area contributed by atoms with E-state index >= 15 is 0 Å². The van der Waals surface area contributed by atoms with Crippen LogP contribution in [0.2, 0.25) is 0 Å². The summed E-state index contributed by atoms with van der Waals surface area (Å²) in [5, 5.41) is 3.05. The van der Waals surface area contributed by atoms with Crippen LogP contribution in [0.3, 0.4) is 0 Å². The van der Waals surface area contributed by atoms with Crippen LogP contribution in [0.1, 0.15) is 56.9 Å². The first kappa shape index (κ1) is 15.1. The topological polar surface area (TPSA) is 29.1 Å². The Hall–Kier alpha value is -1.31. The van der Waals surface area contributed by atoms with Crippen molar-refractivity contribution in [3.63, 3.8) is 0 Å². The van der Waals surface area contributed by atoms with Gasteiger partial charge in [-0.1, -0.05) is 56.0 Å². The summed E-state index contributed by atoms with van der Waals surface area (Å²) in [6.45, 7) is 0.830. The molecule has 1 aromatic carbocycles. The zero-order valence-corrected chi connectivity index (χ0v) is 12.4. The van der Waals surface area contributed by atoms with Gasteiger partial charge in [-0.25, -0.2) is 0 Å². The Labute approximate surface area is 123 Å². The van der Waals surface area contributed by atoms with Crippen molar-refractivity contribution >= 4 is 5.91 Å². The van der Waals surface area contributed by atoms with E-state index in [0.717, 1.165) is 44.6 Å². The van der Waals surface area contributed by atoms with Crippen molar-refractivity contribution in [3.8, 4) is 0 Å². The van der Waals surface area contributed by atoms with E-state index in [9.17, 15) is 4.79 Å². The van der Waals surface area contributed by atoms with Gasteiger partial charge in [0.15, 0.2) is 0 Å². The third-order valence-corrected chi connectivity index (χ3v) is 4.31. The molecule has 0 saturated heterocycles. The van der Waals surface area contributed by atoms with Gasteiger partial charge in [0, 0.05) is 13.0 Å². The molecule has 0 heterocycles. The zero-order chi connectivity index (χ0) is 14.0. The van der Waals surface area contributed by atoms with Crippen molar-refractivity contribution < 1.29 is 4.79 Å². The standard InChI is InChI=1S/C18H27NO/c20-18(14-13-17-10-4-5-11-17)19-15-7-6-12-16-8-2-1-3-9-16/h1-3,8-9,17H,4-7,10-15H2,(H,19,20). The average Bonchev–Trinajstić information content (AvgIpc) is 2.99. The highest BCUT2D eigenvalue weighted by Crippen LogP contribution is 2.28. The maximum Gasteiger partial charge on any atom is 0.220 e. The maximum atomic E-state index is 11.7. The summed E-state index contributed by atoms with van der Waals surface area (Å²) in [6, 6.07) is 10.6. The third kappa shape index (κ3) is 5.77. The predicted molar refractivity (Wildman–Crippen MR) is 83.6 cm³/mol.